The molecular weight excluding hydrogens is 200 g/mol. The first-order chi connectivity index (χ1) is 6.83. The normalized spacial score (nSPS) is 10.4. The minimum absolute atomic E-state index is 0.344. The Morgan fingerprint density at radius 1 is 1.29 bits per heavy atom. The van der Waals surface area contributed by atoms with Gasteiger partial charge < -0.3 is 10.3 Å². The predicted molar refractivity (Wildman–Crippen MR) is 54.8 cm³/mol. The van der Waals surface area contributed by atoms with Crippen molar-refractivity contribution in [3.05, 3.63) is 41.2 Å². The van der Waals surface area contributed by atoms with Crippen molar-refractivity contribution < 1.29 is 4.52 Å². The maximum Gasteiger partial charge on any atom is 0.132 e. The number of hydrogen-bond donors (Lipinski definition) is 1. The van der Waals surface area contributed by atoms with Crippen molar-refractivity contribution in [3.63, 3.8) is 0 Å². The molecule has 0 radical (unpaired) electrons. The second-order valence-electron chi connectivity index (χ2n) is 2.86. The molecule has 3 nitrogen and oxygen atoms in total. The summed E-state index contributed by atoms with van der Waals surface area (Å²) in [6, 6.07) is 7.52. The van der Waals surface area contributed by atoms with Gasteiger partial charge in [0.25, 0.3) is 0 Å². The van der Waals surface area contributed by atoms with Crippen molar-refractivity contribution in [2.24, 2.45) is 5.73 Å². The second-order valence-corrected chi connectivity index (χ2v) is 3.27. The summed E-state index contributed by atoms with van der Waals surface area (Å²) in [5, 5.41) is 4.47. The molecule has 0 bridgehead atoms. The maximum atomic E-state index is 6.03. The molecule has 0 aliphatic carbocycles. The number of hydrogen-bond acceptors (Lipinski definition) is 3. The van der Waals surface area contributed by atoms with Crippen molar-refractivity contribution in [3.8, 4) is 11.1 Å². The Morgan fingerprint density at radius 2 is 2.07 bits per heavy atom. The molecule has 4 heteroatoms. The maximum absolute atomic E-state index is 6.03. The fourth-order valence-electron chi connectivity index (χ4n) is 1.31. The highest BCUT2D eigenvalue weighted by molar-refractivity contribution is 6.33. The number of nitrogens with zero attached hydrogens (tertiary/aromatic N) is 1. The molecule has 1 aromatic heterocycles. The summed E-state index contributed by atoms with van der Waals surface area (Å²) in [4.78, 5) is 0. The first kappa shape index (κ1) is 9.24. The lowest BCUT2D eigenvalue weighted by Crippen LogP contribution is -1.98. The first-order valence-electron chi connectivity index (χ1n) is 4.21. The van der Waals surface area contributed by atoms with Gasteiger partial charge in [0, 0.05) is 22.7 Å². The van der Waals surface area contributed by atoms with E-state index in [4.69, 9.17) is 21.9 Å². The number of nitrogens with two attached hydrogens (primary N) is 1. The summed E-state index contributed by atoms with van der Waals surface area (Å²) >= 11 is 6.03. The lowest BCUT2D eigenvalue weighted by Gasteiger charge is -2.01. The van der Waals surface area contributed by atoms with Gasteiger partial charge in [0.1, 0.15) is 12.0 Å². The topological polar surface area (TPSA) is 52.0 Å². The van der Waals surface area contributed by atoms with Crippen LogP contribution >= 0.6 is 11.6 Å². The number of halogens is 1. The molecule has 2 rings (SSSR count). The summed E-state index contributed by atoms with van der Waals surface area (Å²) in [6.45, 7) is 0.344. The molecule has 0 spiro atoms. The minimum Gasteiger partial charge on any atom is -0.364 e. The third kappa shape index (κ3) is 1.52. The Hall–Kier alpha value is -1.32. The molecule has 0 unspecified atom stereocenters. The second kappa shape index (κ2) is 3.82. The van der Waals surface area contributed by atoms with Crippen LogP contribution in [0.25, 0.3) is 11.1 Å². The highest BCUT2D eigenvalue weighted by atomic mass is 35.5. The molecule has 0 fully saturated rings. The van der Waals surface area contributed by atoms with Crippen molar-refractivity contribution >= 4 is 11.6 Å². The SMILES string of the molecule is NCc1nocc1-c1ccccc1Cl. The van der Waals surface area contributed by atoms with Crippen molar-refractivity contribution in [1.29, 1.82) is 0 Å². The number of aromatic nitrogens is 1. The van der Waals surface area contributed by atoms with Gasteiger partial charge in [0.15, 0.2) is 0 Å². The Kier molecular flexibility index (Phi) is 2.52. The first-order valence-corrected chi connectivity index (χ1v) is 4.59. The van der Waals surface area contributed by atoms with Crippen LogP contribution < -0.4 is 5.73 Å². The zero-order valence-corrected chi connectivity index (χ0v) is 8.16. The summed E-state index contributed by atoms with van der Waals surface area (Å²) in [7, 11) is 0. The van der Waals surface area contributed by atoms with Crippen LogP contribution in [0.1, 0.15) is 5.69 Å². The predicted octanol–water partition coefficient (Wildman–Crippen LogP) is 2.45. The lowest BCUT2D eigenvalue weighted by molar-refractivity contribution is 0.412. The fourth-order valence-corrected chi connectivity index (χ4v) is 1.54. The number of benzene rings is 1. The Labute approximate surface area is 86.5 Å². The standard InChI is InChI=1S/C10H9ClN2O/c11-9-4-2-1-3-7(9)8-6-14-13-10(8)5-12/h1-4,6H,5,12H2. The van der Waals surface area contributed by atoms with Gasteiger partial charge in [-0.25, -0.2) is 0 Å². The summed E-state index contributed by atoms with van der Waals surface area (Å²) in [6.07, 6.45) is 1.56. The molecular formula is C10H9ClN2O. The summed E-state index contributed by atoms with van der Waals surface area (Å²) in [5.41, 5.74) is 8.00. The van der Waals surface area contributed by atoms with E-state index < -0.39 is 0 Å². The zero-order valence-electron chi connectivity index (χ0n) is 7.40. The van der Waals surface area contributed by atoms with E-state index in [1.807, 2.05) is 24.3 Å². The van der Waals surface area contributed by atoms with Crippen LogP contribution in [0.5, 0.6) is 0 Å². The Balaban J connectivity index is 2.54. The average molecular weight is 209 g/mol. The van der Waals surface area contributed by atoms with Crippen molar-refractivity contribution in [2.75, 3.05) is 0 Å². The monoisotopic (exact) mass is 208 g/mol. The van der Waals surface area contributed by atoms with Crippen LogP contribution in [0, 0.1) is 0 Å². The third-order valence-corrected chi connectivity index (χ3v) is 2.33. The molecule has 2 N–H and O–H groups in total. The van der Waals surface area contributed by atoms with Crippen LogP contribution in [0.4, 0.5) is 0 Å². The van der Waals surface area contributed by atoms with Crippen LogP contribution in [-0.4, -0.2) is 5.16 Å². The minimum atomic E-state index is 0.344. The summed E-state index contributed by atoms with van der Waals surface area (Å²) in [5.74, 6) is 0. The van der Waals surface area contributed by atoms with E-state index in [2.05, 4.69) is 5.16 Å². The van der Waals surface area contributed by atoms with E-state index in [-0.39, 0.29) is 0 Å². The van der Waals surface area contributed by atoms with Crippen LogP contribution in [0.2, 0.25) is 5.02 Å². The van der Waals surface area contributed by atoms with Crippen LogP contribution in [0.15, 0.2) is 35.1 Å². The van der Waals surface area contributed by atoms with Crippen LogP contribution in [-0.2, 0) is 6.54 Å². The van der Waals surface area contributed by atoms with E-state index in [1.54, 1.807) is 6.26 Å². The summed E-state index contributed by atoms with van der Waals surface area (Å²) < 4.78 is 4.86. The largest absolute Gasteiger partial charge is 0.364 e. The number of rotatable bonds is 2. The smallest absolute Gasteiger partial charge is 0.132 e. The van der Waals surface area contributed by atoms with Gasteiger partial charge in [-0.15, -0.1) is 0 Å². The van der Waals surface area contributed by atoms with Gasteiger partial charge in [-0.3, -0.25) is 0 Å². The van der Waals surface area contributed by atoms with Crippen LogP contribution in [0.3, 0.4) is 0 Å². The Bertz CT molecular complexity index is 439. The molecule has 0 saturated carbocycles. The van der Waals surface area contributed by atoms with Crippen molar-refractivity contribution in [1.82, 2.24) is 5.16 Å². The zero-order chi connectivity index (χ0) is 9.97. The van der Waals surface area contributed by atoms with E-state index in [0.29, 0.717) is 11.6 Å². The van der Waals surface area contributed by atoms with Gasteiger partial charge in [-0.2, -0.15) is 0 Å². The van der Waals surface area contributed by atoms with Gasteiger partial charge in [-0.1, -0.05) is 35.0 Å². The van der Waals surface area contributed by atoms with Crippen molar-refractivity contribution in [2.45, 2.75) is 6.54 Å². The van der Waals surface area contributed by atoms with E-state index in [9.17, 15) is 0 Å². The lowest BCUT2D eigenvalue weighted by atomic mass is 10.1. The third-order valence-electron chi connectivity index (χ3n) is 2.00. The van der Waals surface area contributed by atoms with Gasteiger partial charge >= 0.3 is 0 Å². The fraction of sp³-hybridized carbons (Fsp3) is 0.100. The van der Waals surface area contributed by atoms with Gasteiger partial charge in [-0.05, 0) is 6.07 Å². The molecule has 0 aliphatic heterocycles. The average Bonchev–Trinajstić information content (AvgIpc) is 2.66. The molecule has 0 amide bonds. The molecule has 2 aromatic rings. The molecule has 0 saturated heterocycles. The molecule has 14 heavy (non-hydrogen) atoms. The quantitative estimate of drug-likeness (QED) is 0.825. The van der Waals surface area contributed by atoms with E-state index in [1.165, 1.54) is 0 Å². The molecule has 1 heterocycles. The molecule has 0 atom stereocenters. The molecule has 0 aliphatic rings. The van der Waals surface area contributed by atoms with E-state index >= 15 is 0 Å². The molecule has 1 aromatic carbocycles. The van der Waals surface area contributed by atoms with Gasteiger partial charge in [0.2, 0.25) is 0 Å². The highest BCUT2D eigenvalue weighted by Gasteiger charge is 2.10. The van der Waals surface area contributed by atoms with E-state index in [0.717, 1.165) is 16.8 Å². The molecule has 72 valence electrons. The highest BCUT2D eigenvalue weighted by Crippen LogP contribution is 2.29. The Morgan fingerprint density at radius 3 is 2.79 bits per heavy atom. The van der Waals surface area contributed by atoms with Gasteiger partial charge in [0.05, 0.1) is 0 Å².